The zero-order valence-corrected chi connectivity index (χ0v) is 10.4. The van der Waals surface area contributed by atoms with Gasteiger partial charge in [-0.3, -0.25) is 4.79 Å². The monoisotopic (exact) mass is 238 g/mol. The third-order valence-electron chi connectivity index (χ3n) is 3.36. The zero-order chi connectivity index (χ0) is 12.6. The number of nitrogens with zero attached hydrogens (tertiary/aromatic N) is 2. The minimum Gasteiger partial charge on any atom is -0.481 e. The summed E-state index contributed by atoms with van der Waals surface area (Å²) < 4.78 is 5.16. The van der Waals surface area contributed by atoms with E-state index in [1.165, 1.54) is 0 Å². The Balaban J connectivity index is 1.93. The van der Waals surface area contributed by atoms with Gasteiger partial charge in [0.1, 0.15) is 0 Å². The Bertz CT molecular complexity index is 425. The standard InChI is InChI=1S/C12H18N2O3/c1-7(5-10(15)16)4-9-13-11(14-17-9)8-6-12(8,2)3/h7-8H,4-6H2,1-3H3,(H,15,16). The summed E-state index contributed by atoms with van der Waals surface area (Å²) in [5.74, 6) is 0.951. The fourth-order valence-electron chi connectivity index (χ4n) is 2.07. The van der Waals surface area contributed by atoms with Crippen molar-refractivity contribution in [2.24, 2.45) is 11.3 Å². The van der Waals surface area contributed by atoms with E-state index in [1.807, 2.05) is 6.92 Å². The fourth-order valence-corrected chi connectivity index (χ4v) is 2.07. The van der Waals surface area contributed by atoms with Gasteiger partial charge in [-0.25, -0.2) is 0 Å². The maximum absolute atomic E-state index is 10.5. The minimum atomic E-state index is -0.791. The molecule has 1 aromatic heterocycles. The normalized spacial score (nSPS) is 23.4. The number of carboxylic acids is 1. The Labute approximate surface area is 100 Å². The van der Waals surface area contributed by atoms with Gasteiger partial charge in [0.15, 0.2) is 5.82 Å². The van der Waals surface area contributed by atoms with E-state index in [0.29, 0.717) is 18.2 Å². The molecule has 0 spiro atoms. The van der Waals surface area contributed by atoms with Gasteiger partial charge in [-0.2, -0.15) is 4.98 Å². The number of hydrogen-bond donors (Lipinski definition) is 1. The molecule has 0 aliphatic heterocycles. The van der Waals surface area contributed by atoms with Crippen molar-refractivity contribution >= 4 is 5.97 Å². The van der Waals surface area contributed by atoms with Gasteiger partial charge in [0.25, 0.3) is 0 Å². The average molecular weight is 238 g/mol. The second-order valence-corrected chi connectivity index (χ2v) is 5.70. The number of carbonyl (C=O) groups is 1. The van der Waals surface area contributed by atoms with E-state index in [9.17, 15) is 4.79 Å². The van der Waals surface area contributed by atoms with E-state index in [0.717, 1.165) is 12.2 Å². The molecule has 1 aromatic rings. The van der Waals surface area contributed by atoms with E-state index in [1.54, 1.807) is 0 Å². The van der Waals surface area contributed by atoms with Crippen LogP contribution in [0.3, 0.4) is 0 Å². The summed E-state index contributed by atoms with van der Waals surface area (Å²) in [6, 6.07) is 0. The van der Waals surface area contributed by atoms with Gasteiger partial charge in [0.05, 0.1) is 0 Å². The molecule has 1 heterocycles. The van der Waals surface area contributed by atoms with Crippen LogP contribution in [-0.4, -0.2) is 21.2 Å². The smallest absolute Gasteiger partial charge is 0.303 e. The van der Waals surface area contributed by atoms with Crippen molar-refractivity contribution in [1.82, 2.24) is 10.1 Å². The summed E-state index contributed by atoms with van der Waals surface area (Å²) in [4.78, 5) is 14.9. The van der Waals surface area contributed by atoms with Crippen LogP contribution >= 0.6 is 0 Å². The van der Waals surface area contributed by atoms with Gasteiger partial charge >= 0.3 is 5.97 Å². The largest absolute Gasteiger partial charge is 0.481 e. The third kappa shape index (κ3) is 2.84. The number of hydrogen-bond acceptors (Lipinski definition) is 4. The fraction of sp³-hybridized carbons (Fsp3) is 0.750. The number of carboxylic acid groups (broad SMARTS) is 1. The lowest BCUT2D eigenvalue weighted by atomic mass is 10.0. The lowest BCUT2D eigenvalue weighted by molar-refractivity contribution is -0.137. The third-order valence-corrected chi connectivity index (χ3v) is 3.36. The molecule has 0 radical (unpaired) electrons. The van der Waals surface area contributed by atoms with Crippen LogP contribution in [-0.2, 0) is 11.2 Å². The molecule has 1 fully saturated rings. The molecule has 2 atom stereocenters. The van der Waals surface area contributed by atoms with Crippen molar-refractivity contribution in [2.45, 2.75) is 46.0 Å². The lowest BCUT2D eigenvalue weighted by Crippen LogP contribution is -2.07. The molecule has 0 aromatic carbocycles. The summed E-state index contributed by atoms with van der Waals surface area (Å²) >= 11 is 0. The molecule has 2 rings (SSSR count). The number of aliphatic carboxylic acids is 1. The maximum atomic E-state index is 10.5. The summed E-state index contributed by atoms with van der Waals surface area (Å²) in [5, 5.41) is 12.6. The molecule has 1 saturated carbocycles. The quantitative estimate of drug-likeness (QED) is 0.851. The highest BCUT2D eigenvalue weighted by molar-refractivity contribution is 5.66. The summed E-state index contributed by atoms with van der Waals surface area (Å²) in [6.07, 6.45) is 1.76. The van der Waals surface area contributed by atoms with E-state index >= 15 is 0 Å². The Morgan fingerprint density at radius 2 is 2.29 bits per heavy atom. The summed E-state index contributed by atoms with van der Waals surface area (Å²) in [6.45, 7) is 6.24. The first-order valence-corrected chi connectivity index (χ1v) is 5.93. The van der Waals surface area contributed by atoms with Gasteiger partial charge in [0.2, 0.25) is 5.89 Å². The topological polar surface area (TPSA) is 76.2 Å². The molecule has 1 N–H and O–H groups in total. The van der Waals surface area contributed by atoms with Crippen LogP contribution in [0.1, 0.15) is 51.2 Å². The Hall–Kier alpha value is -1.39. The molecular formula is C12H18N2O3. The highest BCUT2D eigenvalue weighted by Gasteiger charge is 2.49. The lowest BCUT2D eigenvalue weighted by Gasteiger charge is -2.03. The van der Waals surface area contributed by atoms with Crippen LogP contribution in [0.25, 0.3) is 0 Å². The van der Waals surface area contributed by atoms with Gasteiger partial charge < -0.3 is 9.63 Å². The van der Waals surface area contributed by atoms with E-state index in [2.05, 4.69) is 24.0 Å². The molecule has 1 aliphatic rings. The molecule has 0 amide bonds. The van der Waals surface area contributed by atoms with Crippen LogP contribution in [0, 0.1) is 11.3 Å². The number of rotatable bonds is 5. The SMILES string of the molecule is CC(CC(=O)O)Cc1nc(C2CC2(C)C)no1. The van der Waals surface area contributed by atoms with Gasteiger partial charge in [-0.1, -0.05) is 25.9 Å². The van der Waals surface area contributed by atoms with Gasteiger partial charge in [-0.15, -0.1) is 0 Å². The van der Waals surface area contributed by atoms with E-state index in [4.69, 9.17) is 9.63 Å². The van der Waals surface area contributed by atoms with Crippen LogP contribution in [0.15, 0.2) is 4.52 Å². The molecule has 1 aliphatic carbocycles. The highest BCUT2D eigenvalue weighted by atomic mass is 16.5. The Kier molecular flexibility index (Phi) is 2.93. The maximum Gasteiger partial charge on any atom is 0.303 e. The van der Waals surface area contributed by atoms with Crippen molar-refractivity contribution in [3.05, 3.63) is 11.7 Å². The van der Waals surface area contributed by atoms with Crippen LogP contribution in [0.4, 0.5) is 0 Å². The number of aromatic nitrogens is 2. The van der Waals surface area contributed by atoms with Crippen molar-refractivity contribution in [3.63, 3.8) is 0 Å². The predicted molar refractivity (Wildman–Crippen MR) is 60.6 cm³/mol. The Morgan fingerprint density at radius 1 is 1.65 bits per heavy atom. The molecule has 5 heteroatoms. The van der Waals surface area contributed by atoms with Crippen molar-refractivity contribution < 1.29 is 14.4 Å². The molecule has 2 unspecified atom stereocenters. The summed E-state index contributed by atoms with van der Waals surface area (Å²) in [5.41, 5.74) is 0.286. The molecule has 17 heavy (non-hydrogen) atoms. The molecule has 94 valence electrons. The highest BCUT2D eigenvalue weighted by Crippen LogP contribution is 2.57. The van der Waals surface area contributed by atoms with Crippen molar-refractivity contribution in [1.29, 1.82) is 0 Å². The minimum absolute atomic E-state index is 0.0213. The van der Waals surface area contributed by atoms with Gasteiger partial charge in [-0.05, 0) is 17.8 Å². The van der Waals surface area contributed by atoms with E-state index in [-0.39, 0.29) is 17.8 Å². The van der Waals surface area contributed by atoms with Gasteiger partial charge in [0, 0.05) is 18.8 Å². The van der Waals surface area contributed by atoms with Crippen molar-refractivity contribution in [2.75, 3.05) is 0 Å². The summed E-state index contributed by atoms with van der Waals surface area (Å²) in [7, 11) is 0. The second kappa shape index (κ2) is 4.13. The van der Waals surface area contributed by atoms with E-state index < -0.39 is 5.97 Å². The molecule has 5 nitrogen and oxygen atoms in total. The molecule has 0 saturated heterocycles. The predicted octanol–water partition coefficient (Wildman–Crippen LogP) is 2.24. The first kappa shape index (κ1) is 12.1. The van der Waals surface area contributed by atoms with Crippen LogP contribution in [0.2, 0.25) is 0 Å². The van der Waals surface area contributed by atoms with Crippen molar-refractivity contribution in [3.8, 4) is 0 Å². The Morgan fingerprint density at radius 3 is 2.82 bits per heavy atom. The first-order chi connectivity index (χ1) is 7.88. The average Bonchev–Trinajstić information content (AvgIpc) is 2.62. The van der Waals surface area contributed by atoms with Crippen LogP contribution < -0.4 is 0 Å². The molecule has 0 bridgehead atoms. The molecular weight excluding hydrogens is 220 g/mol. The zero-order valence-electron chi connectivity index (χ0n) is 10.4. The second-order valence-electron chi connectivity index (χ2n) is 5.70. The first-order valence-electron chi connectivity index (χ1n) is 5.93. The van der Waals surface area contributed by atoms with Crippen LogP contribution in [0.5, 0.6) is 0 Å².